The van der Waals surface area contributed by atoms with E-state index in [0.717, 1.165) is 34.9 Å². The zero-order valence-corrected chi connectivity index (χ0v) is 24.2. The van der Waals surface area contributed by atoms with Crippen molar-refractivity contribution in [3.63, 3.8) is 0 Å². The van der Waals surface area contributed by atoms with Crippen LogP contribution in [0.25, 0.3) is 10.8 Å². The predicted molar refractivity (Wildman–Crippen MR) is 161 cm³/mol. The van der Waals surface area contributed by atoms with Crippen LogP contribution >= 0.6 is 0 Å². The van der Waals surface area contributed by atoms with Crippen LogP contribution in [0.4, 0.5) is 0 Å². The monoisotopic (exact) mass is 550 g/mol. The van der Waals surface area contributed by atoms with Crippen LogP contribution in [-0.4, -0.2) is 33.9 Å². The Morgan fingerprint density at radius 2 is 1.59 bits per heavy atom. The fraction of sp³-hybridized carbons (Fsp3) is 0.343. The van der Waals surface area contributed by atoms with Gasteiger partial charge in [0.25, 0.3) is 5.91 Å². The largest absolute Gasteiger partial charge is 0.485 e. The van der Waals surface area contributed by atoms with E-state index >= 15 is 0 Å². The van der Waals surface area contributed by atoms with Crippen LogP contribution in [0.1, 0.15) is 85.8 Å². The number of carboxylic acid groups (broad SMARTS) is 1. The van der Waals surface area contributed by atoms with Gasteiger partial charge < -0.3 is 14.7 Å². The third-order valence-corrected chi connectivity index (χ3v) is 8.16. The van der Waals surface area contributed by atoms with Crippen LogP contribution < -0.4 is 4.74 Å². The summed E-state index contributed by atoms with van der Waals surface area (Å²) in [6.45, 7) is 6.62. The zero-order chi connectivity index (χ0) is 29.1. The Morgan fingerprint density at radius 1 is 0.902 bits per heavy atom. The molecule has 1 saturated carbocycles. The van der Waals surface area contributed by atoms with E-state index in [9.17, 15) is 14.7 Å². The van der Waals surface area contributed by atoms with Crippen molar-refractivity contribution in [3.05, 3.63) is 107 Å². The average Bonchev–Trinajstić information content (AvgIpc) is 3.50. The first kappa shape index (κ1) is 28.3. The molecule has 3 aromatic carbocycles. The highest BCUT2D eigenvalue weighted by molar-refractivity contribution is 5.98. The maximum atomic E-state index is 13.3. The highest BCUT2D eigenvalue weighted by atomic mass is 16.5. The van der Waals surface area contributed by atoms with Crippen LogP contribution in [0.15, 0.2) is 85.1 Å². The van der Waals surface area contributed by atoms with Gasteiger partial charge in [-0.2, -0.15) is 0 Å². The second-order valence-corrected chi connectivity index (χ2v) is 12.1. The van der Waals surface area contributed by atoms with Crippen molar-refractivity contribution in [1.82, 2.24) is 9.88 Å². The number of amides is 1. The number of aliphatic carboxylic acids is 1. The first-order valence-electron chi connectivity index (χ1n) is 14.3. The Labute approximate surface area is 242 Å². The average molecular weight is 551 g/mol. The number of nitrogens with zero attached hydrogens (tertiary/aromatic N) is 2. The Bertz CT molecular complexity index is 1520. The van der Waals surface area contributed by atoms with Crippen LogP contribution in [-0.2, 0) is 10.2 Å². The number of carbonyl (C=O) groups is 2. The van der Waals surface area contributed by atoms with E-state index in [1.165, 1.54) is 30.4 Å². The van der Waals surface area contributed by atoms with Gasteiger partial charge >= 0.3 is 5.97 Å². The molecular weight excluding hydrogens is 512 g/mol. The van der Waals surface area contributed by atoms with Crippen LogP contribution in [0.2, 0.25) is 0 Å². The van der Waals surface area contributed by atoms with Crippen molar-refractivity contribution in [3.8, 4) is 5.75 Å². The van der Waals surface area contributed by atoms with Crippen molar-refractivity contribution in [1.29, 1.82) is 0 Å². The molecule has 1 N–H and O–H groups in total. The van der Waals surface area contributed by atoms with E-state index in [1.54, 1.807) is 36.5 Å². The number of fused-ring (bicyclic) bond motifs is 1. The molecular formula is C35H38N2O4. The van der Waals surface area contributed by atoms with Crippen molar-refractivity contribution < 1.29 is 19.4 Å². The highest BCUT2D eigenvalue weighted by Gasteiger charge is 2.31. The minimum atomic E-state index is -1.11. The number of ether oxygens (including phenoxy) is 1. The molecule has 0 radical (unpaired) electrons. The van der Waals surface area contributed by atoms with Gasteiger partial charge in [0.1, 0.15) is 17.5 Å². The van der Waals surface area contributed by atoms with E-state index in [2.05, 4.69) is 62.2 Å². The van der Waals surface area contributed by atoms with E-state index in [0.29, 0.717) is 11.5 Å². The number of hydrogen-bond acceptors (Lipinski definition) is 4. The van der Waals surface area contributed by atoms with E-state index in [4.69, 9.17) is 4.74 Å². The summed E-state index contributed by atoms with van der Waals surface area (Å²) < 4.78 is 6.65. The van der Waals surface area contributed by atoms with E-state index in [1.807, 2.05) is 12.1 Å². The molecule has 1 aliphatic rings. The third-order valence-electron chi connectivity index (χ3n) is 8.16. The van der Waals surface area contributed by atoms with Gasteiger partial charge in [0.2, 0.25) is 0 Å². The number of pyridine rings is 1. The van der Waals surface area contributed by atoms with Crippen molar-refractivity contribution in [2.75, 3.05) is 7.05 Å². The van der Waals surface area contributed by atoms with Crippen molar-refractivity contribution >= 4 is 22.6 Å². The lowest BCUT2D eigenvalue weighted by molar-refractivity contribution is -0.142. The predicted octanol–water partition coefficient (Wildman–Crippen LogP) is 7.74. The lowest BCUT2D eigenvalue weighted by Gasteiger charge is -2.26. The molecule has 5 rings (SSSR count). The molecule has 212 valence electrons. The fourth-order valence-corrected chi connectivity index (χ4v) is 5.80. The van der Waals surface area contributed by atoms with Crippen LogP contribution in [0, 0.1) is 5.92 Å². The lowest BCUT2D eigenvalue weighted by atomic mass is 9.87. The summed E-state index contributed by atoms with van der Waals surface area (Å²) in [7, 11) is 1.50. The molecule has 1 aliphatic carbocycles. The summed E-state index contributed by atoms with van der Waals surface area (Å²) in [5.41, 5.74) is 3.19. The number of aromatic nitrogens is 1. The normalized spacial score (nSPS) is 15.4. The molecule has 2 unspecified atom stereocenters. The maximum Gasteiger partial charge on any atom is 0.331 e. The van der Waals surface area contributed by atoms with Crippen molar-refractivity contribution in [2.24, 2.45) is 5.92 Å². The molecule has 0 aliphatic heterocycles. The lowest BCUT2D eigenvalue weighted by Crippen LogP contribution is -2.36. The van der Waals surface area contributed by atoms with Gasteiger partial charge in [-0.1, -0.05) is 88.2 Å². The summed E-state index contributed by atoms with van der Waals surface area (Å²) in [6, 6.07) is 24.0. The molecule has 2 atom stereocenters. The summed E-state index contributed by atoms with van der Waals surface area (Å²) >= 11 is 0. The summed E-state index contributed by atoms with van der Waals surface area (Å²) in [5, 5.41) is 11.6. The number of carboxylic acids is 1. The van der Waals surface area contributed by atoms with Gasteiger partial charge in [0.15, 0.2) is 6.04 Å². The highest BCUT2D eigenvalue weighted by Crippen LogP contribution is 2.40. The minimum absolute atomic E-state index is 0.0722. The molecule has 4 aromatic rings. The molecule has 1 fully saturated rings. The summed E-state index contributed by atoms with van der Waals surface area (Å²) in [5.74, 6) is -0.242. The fourth-order valence-electron chi connectivity index (χ4n) is 5.80. The van der Waals surface area contributed by atoms with Crippen molar-refractivity contribution in [2.45, 2.75) is 64.0 Å². The number of rotatable bonds is 8. The van der Waals surface area contributed by atoms with Crippen LogP contribution in [0.3, 0.4) is 0 Å². The van der Waals surface area contributed by atoms with Gasteiger partial charge in [-0.25, -0.2) is 4.79 Å². The standard InChI is InChI=1S/C35H38N2O4/c1-35(2,3)28-16-18-29(19-17-28)41-32(24-12-8-9-13-24)26-15-14-25-21-30(36-22-27(25)20-26)33(38)37(4)31(34(39)40)23-10-6-5-7-11-23/h5-7,10-11,14-22,24,31-32H,8-9,12-13H2,1-4H3,(H,39,40). The number of hydrogen-bond donors (Lipinski definition) is 1. The van der Waals surface area contributed by atoms with E-state index < -0.39 is 17.9 Å². The molecule has 0 saturated heterocycles. The summed E-state index contributed by atoms with van der Waals surface area (Å²) in [4.78, 5) is 31.1. The Balaban J connectivity index is 1.40. The maximum absolute atomic E-state index is 13.3. The number of benzene rings is 3. The van der Waals surface area contributed by atoms with Gasteiger partial charge in [-0.3, -0.25) is 9.78 Å². The number of carbonyl (C=O) groups excluding carboxylic acids is 1. The molecule has 41 heavy (non-hydrogen) atoms. The molecule has 0 bridgehead atoms. The smallest absolute Gasteiger partial charge is 0.331 e. The Morgan fingerprint density at radius 3 is 2.22 bits per heavy atom. The number of likely N-dealkylation sites (N-methyl/N-ethyl adjacent to an activating group) is 1. The summed E-state index contributed by atoms with van der Waals surface area (Å²) in [6.07, 6.45) is 6.31. The second-order valence-electron chi connectivity index (χ2n) is 12.1. The van der Waals surface area contributed by atoms with Gasteiger partial charge in [-0.05, 0) is 64.6 Å². The van der Waals surface area contributed by atoms with Gasteiger partial charge in [-0.15, -0.1) is 0 Å². The van der Waals surface area contributed by atoms with E-state index in [-0.39, 0.29) is 17.2 Å². The van der Waals surface area contributed by atoms with Gasteiger partial charge in [0.05, 0.1) is 0 Å². The quantitative estimate of drug-likeness (QED) is 0.243. The molecule has 6 heteroatoms. The molecule has 6 nitrogen and oxygen atoms in total. The Hall–Kier alpha value is -4.19. The third kappa shape index (κ3) is 6.27. The second kappa shape index (κ2) is 11.7. The molecule has 1 heterocycles. The van der Waals surface area contributed by atoms with Gasteiger partial charge in [0, 0.05) is 24.5 Å². The first-order valence-corrected chi connectivity index (χ1v) is 14.3. The minimum Gasteiger partial charge on any atom is -0.485 e. The molecule has 1 amide bonds. The molecule has 1 aromatic heterocycles. The first-order chi connectivity index (χ1) is 19.6. The van der Waals surface area contributed by atoms with Crippen LogP contribution in [0.5, 0.6) is 5.75 Å². The SMILES string of the molecule is CN(C(=O)c1cc2ccc(C(Oc3ccc(C(C)(C)C)cc3)C3CCCC3)cc2cn1)C(C(=O)O)c1ccccc1. The Kier molecular flexibility index (Phi) is 8.11. The molecule has 0 spiro atoms. The zero-order valence-electron chi connectivity index (χ0n) is 24.2. The topological polar surface area (TPSA) is 79.7 Å².